The highest BCUT2D eigenvalue weighted by atomic mass is 79.9. The van der Waals surface area contributed by atoms with Crippen molar-refractivity contribution < 1.29 is 23.8 Å². The number of hydrogen-bond acceptors (Lipinski definition) is 4. The van der Waals surface area contributed by atoms with Crippen LogP contribution in [0.1, 0.15) is 29.0 Å². The fraction of sp³-hybridized carbons (Fsp3) is 0.538. The molecule has 0 atom stereocenters. The normalized spacial score (nSPS) is 17.7. The van der Waals surface area contributed by atoms with Crippen molar-refractivity contribution in [2.75, 3.05) is 19.8 Å². The third kappa shape index (κ3) is 3.04. The number of furan rings is 1. The van der Waals surface area contributed by atoms with Crippen LogP contribution in [0.3, 0.4) is 0 Å². The molecule has 6 nitrogen and oxygen atoms in total. The standard InChI is InChI=1S/C13H16BrNO5/c1-8-6-9(14)20-10(8)11(16)15-7-13(12(17)18)2-4-19-5-3-13/h6H,2-5,7H2,1H3,(H,15,16)(H,17,18). The van der Waals surface area contributed by atoms with Crippen LogP contribution >= 0.6 is 15.9 Å². The molecular formula is C13H16BrNO5. The van der Waals surface area contributed by atoms with Crippen LogP contribution < -0.4 is 5.32 Å². The van der Waals surface area contributed by atoms with Gasteiger partial charge in [0.15, 0.2) is 10.4 Å². The topological polar surface area (TPSA) is 88.8 Å². The van der Waals surface area contributed by atoms with E-state index >= 15 is 0 Å². The molecule has 0 spiro atoms. The molecule has 0 aliphatic carbocycles. The molecule has 0 saturated carbocycles. The van der Waals surface area contributed by atoms with Gasteiger partial charge in [0.1, 0.15) is 0 Å². The van der Waals surface area contributed by atoms with Crippen molar-refractivity contribution in [3.63, 3.8) is 0 Å². The quantitative estimate of drug-likeness (QED) is 0.870. The molecule has 0 aromatic carbocycles. The van der Waals surface area contributed by atoms with Crippen molar-refractivity contribution in [3.05, 3.63) is 22.1 Å². The fourth-order valence-corrected chi connectivity index (χ4v) is 2.73. The van der Waals surface area contributed by atoms with Crippen molar-refractivity contribution >= 4 is 27.8 Å². The third-order valence-electron chi connectivity index (χ3n) is 3.58. The van der Waals surface area contributed by atoms with Gasteiger partial charge in [0.25, 0.3) is 5.91 Å². The summed E-state index contributed by atoms with van der Waals surface area (Å²) in [6, 6.07) is 1.69. The van der Waals surface area contributed by atoms with Gasteiger partial charge in [-0.3, -0.25) is 9.59 Å². The highest BCUT2D eigenvalue weighted by molar-refractivity contribution is 9.10. The predicted molar refractivity (Wildman–Crippen MR) is 73.6 cm³/mol. The van der Waals surface area contributed by atoms with Crippen LogP contribution in [0.4, 0.5) is 0 Å². The van der Waals surface area contributed by atoms with E-state index in [-0.39, 0.29) is 12.3 Å². The lowest BCUT2D eigenvalue weighted by Gasteiger charge is -2.32. The maximum absolute atomic E-state index is 12.0. The van der Waals surface area contributed by atoms with Gasteiger partial charge in [-0.2, -0.15) is 0 Å². The molecule has 0 bridgehead atoms. The van der Waals surface area contributed by atoms with Gasteiger partial charge >= 0.3 is 5.97 Å². The van der Waals surface area contributed by atoms with Gasteiger partial charge in [-0.05, 0) is 41.8 Å². The molecule has 1 aliphatic heterocycles. The Bertz CT molecular complexity index is 519. The number of hydrogen-bond donors (Lipinski definition) is 2. The minimum absolute atomic E-state index is 0.0717. The smallest absolute Gasteiger partial charge is 0.311 e. The first-order valence-electron chi connectivity index (χ1n) is 6.30. The highest BCUT2D eigenvalue weighted by Crippen LogP contribution is 2.30. The summed E-state index contributed by atoms with van der Waals surface area (Å²) in [6.45, 7) is 2.62. The van der Waals surface area contributed by atoms with Crippen LogP contribution in [-0.4, -0.2) is 36.7 Å². The van der Waals surface area contributed by atoms with E-state index in [1.807, 2.05) is 0 Å². The third-order valence-corrected chi connectivity index (χ3v) is 3.98. The zero-order valence-corrected chi connectivity index (χ0v) is 12.7. The van der Waals surface area contributed by atoms with Crippen LogP contribution in [0.2, 0.25) is 0 Å². The molecule has 1 saturated heterocycles. The molecule has 0 radical (unpaired) electrons. The largest absolute Gasteiger partial charge is 0.481 e. The van der Waals surface area contributed by atoms with E-state index in [0.717, 1.165) is 0 Å². The Hall–Kier alpha value is -1.34. The molecule has 2 N–H and O–H groups in total. The maximum atomic E-state index is 12.0. The van der Waals surface area contributed by atoms with Gasteiger partial charge in [-0.25, -0.2) is 0 Å². The second kappa shape index (κ2) is 5.97. The lowest BCUT2D eigenvalue weighted by Crippen LogP contribution is -2.46. The van der Waals surface area contributed by atoms with E-state index in [9.17, 15) is 14.7 Å². The van der Waals surface area contributed by atoms with E-state index in [4.69, 9.17) is 9.15 Å². The minimum atomic E-state index is -0.953. The van der Waals surface area contributed by atoms with E-state index in [1.54, 1.807) is 13.0 Å². The summed E-state index contributed by atoms with van der Waals surface area (Å²) in [4.78, 5) is 23.5. The van der Waals surface area contributed by atoms with Crippen LogP contribution in [0.15, 0.2) is 15.2 Å². The Balaban J connectivity index is 2.04. The Morgan fingerprint density at radius 1 is 1.45 bits per heavy atom. The predicted octanol–water partition coefficient (Wildman–Crippen LogP) is 1.96. The molecule has 1 aliphatic rings. The number of rotatable bonds is 4. The van der Waals surface area contributed by atoms with Crippen molar-refractivity contribution in [1.29, 1.82) is 0 Å². The van der Waals surface area contributed by atoms with E-state index in [0.29, 0.717) is 36.3 Å². The number of ether oxygens (including phenoxy) is 1. The number of amides is 1. The molecule has 2 heterocycles. The molecule has 2 rings (SSSR count). The second-order valence-electron chi connectivity index (χ2n) is 4.94. The second-order valence-corrected chi connectivity index (χ2v) is 5.72. The SMILES string of the molecule is Cc1cc(Br)oc1C(=O)NCC1(C(=O)O)CCOCC1. The number of carbonyl (C=O) groups excluding carboxylic acids is 1. The van der Waals surface area contributed by atoms with Gasteiger partial charge in [-0.15, -0.1) is 0 Å². The van der Waals surface area contributed by atoms with Crippen molar-refractivity contribution in [1.82, 2.24) is 5.32 Å². The van der Waals surface area contributed by atoms with Gasteiger partial charge < -0.3 is 19.6 Å². The first-order valence-corrected chi connectivity index (χ1v) is 7.09. The van der Waals surface area contributed by atoms with Crippen molar-refractivity contribution in [3.8, 4) is 0 Å². The van der Waals surface area contributed by atoms with E-state index < -0.39 is 17.3 Å². The summed E-state index contributed by atoms with van der Waals surface area (Å²) in [5, 5.41) is 12.0. The number of nitrogens with one attached hydrogen (secondary N) is 1. The van der Waals surface area contributed by atoms with Crippen LogP contribution in [0.25, 0.3) is 0 Å². The van der Waals surface area contributed by atoms with E-state index in [2.05, 4.69) is 21.2 Å². The number of carbonyl (C=O) groups is 2. The van der Waals surface area contributed by atoms with Crippen molar-refractivity contribution in [2.45, 2.75) is 19.8 Å². The average Bonchev–Trinajstić information content (AvgIpc) is 2.76. The minimum Gasteiger partial charge on any atom is -0.481 e. The number of carboxylic acids is 1. The summed E-state index contributed by atoms with van der Waals surface area (Å²) in [5.41, 5.74) is -0.253. The number of halogens is 1. The molecule has 1 aromatic heterocycles. The molecule has 110 valence electrons. The molecule has 7 heteroatoms. The lowest BCUT2D eigenvalue weighted by molar-refractivity contribution is -0.154. The Labute approximate surface area is 124 Å². The maximum Gasteiger partial charge on any atom is 0.311 e. The summed E-state index contributed by atoms with van der Waals surface area (Å²) in [5.74, 6) is -1.11. The van der Waals surface area contributed by atoms with Gasteiger partial charge in [0.05, 0.1) is 5.41 Å². The lowest BCUT2D eigenvalue weighted by atomic mass is 9.80. The molecule has 1 fully saturated rings. The van der Waals surface area contributed by atoms with Crippen molar-refractivity contribution in [2.24, 2.45) is 5.41 Å². The average molecular weight is 346 g/mol. The van der Waals surface area contributed by atoms with Gasteiger partial charge in [0, 0.05) is 25.3 Å². The number of aryl methyl sites for hydroxylation is 1. The van der Waals surface area contributed by atoms with Crippen LogP contribution in [0, 0.1) is 12.3 Å². The summed E-state index contributed by atoms with van der Waals surface area (Å²) >= 11 is 3.16. The molecule has 20 heavy (non-hydrogen) atoms. The summed E-state index contributed by atoms with van der Waals surface area (Å²) in [7, 11) is 0. The first-order chi connectivity index (χ1) is 9.44. The molecule has 0 unspecified atom stereocenters. The van der Waals surface area contributed by atoms with E-state index in [1.165, 1.54) is 0 Å². The number of aliphatic carboxylic acids is 1. The fourth-order valence-electron chi connectivity index (χ4n) is 2.23. The Morgan fingerprint density at radius 2 is 2.10 bits per heavy atom. The molecule has 1 amide bonds. The van der Waals surface area contributed by atoms with Gasteiger partial charge in [0.2, 0.25) is 0 Å². The Kier molecular flexibility index (Phi) is 4.49. The summed E-state index contributed by atoms with van der Waals surface area (Å²) in [6.07, 6.45) is 0.785. The van der Waals surface area contributed by atoms with Gasteiger partial charge in [-0.1, -0.05) is 0 Å². The first kappa shape index (κ1) is 15.1. The van der Waals surface area contributed by atoms with Crippen LogP contribution in [0.5, 0.6) is 0 Å². The Morgan fingerprint density at radius 3 is 2.60 bits per heavy atom. The van der Waals surface area contributed by atoms with Crippen LogP contribution in [-0.2, 0) is 9.53 Å². The zero-order valence-electron chi connectivity index (χ0n) is 11.1. The highest BCUT2D eigenvalue weighted by Gasteiger charge is 2.40. The number of carboxylic acid groups (broad SMARTS) is 1. The molecular weight excluding hydrogens is 330 g/mol. The monoisotopic (exact) mass is 345 g/mol. The summed E-state index contributed by atoms with van der Waals surface area (Å²) < 4.78 is 10.9. The molecule has 1 aromatic rings. The zero-order chi connectivity index (χ0) is 14.8.